The number of alkyl halides is 3. The molecule has 0 aliphatic rings. The lowest BCUT2D eigenvalue weighted by Gasteiger charge is -2.15. The molecule has 1 aromatic heterocycles. The second kappa shape index (κ2) is 8.82. The number of nitrogens with zero attached hydrogens (tertiary/aromatic N) is 2. The van der Waals surface area contributed by atoms with Gasteiger partial charge in [-0.1, -0.05) is 41.9 Å². The molecule has 0 aliphatic carbocycles. The van der Waals surface area contributed by atoms with Crippen LogP contribution in [0.3, 0.4) is 0 Å². The zero-order valence-corrected chi connectivity index (χ0v) is 17.5. The normalized spacial score (nSPS) is 11.6. The number of hydrogen-bond acceptors (Lipinski definition) is 4. The van der Waals surface area contributed by atoms with Gasteiger partial charge in [0.05, 0.1) is 0 Å². The predicted octanol–water partition coefficient (Wildman–Crippen LogP) is 6.94. The van der Waals surface area contributed by atoms with E-state index in [9.17, 15) is 13.2 Å². The highest BCUT2D eigenvalue weighted by atomic mass is 79.9. The van der Waals surface area contributed by atoms with E-state index in [1.54, 1.807) is 24.3 Å². The third-order valence-electron chi connectivity index (χ3n) is 4.06. The Kier molecular flexibility index (Phi) is 6.42. The van der Waals surface area contributed by atoms with Crippen LogP contribution in [0.1, 0.15) is 25.0 Å². The van der Waals surface area contributed by atoms with Crippen molar-refractivity contribution in [1.82, 2.24) is 9.97 Å². The lowest BCUT2D eigenvalue weighted by molar-refractivity contribution is -0.137. The zero-order chi connectivity index (χ0) is 21.0. The SMILES string of the molecule is CC(C)Cc1ccc(Nc2nc(Nc3ccc(Br)cc3)ncc2C(F)(F)F)cc1. The minimum absolute atomic E-state index is 0.0688. The predicted molar refractivity (Wildman–Crippen MR) is 113 cm³/mol. The summed E-state index contributed by atoms with van der Waals surface area (Å²) in [5.41, 5.74) is 1.39. The van der Waals surface area contributed by atoms with Gasteiger partial charge in [-0.2, -0.15) is 18.2 Å². The molecule has 0 spiro atoms. The molecule has 1 heterocycles. The van der Waals surface area contributed by atoms with Crippen molar-refractivity contribution >= 4 is 39.1 Å². The monoisotopic (exact) mass is 464 g/mol. The minimum atomic E-state index is -4.57. The maximum Gasteiger partial charge on any atom is 0.421 e. The third-order valence-corrected chi connectivity index (χ3v) is 4.58. The van der Waals surface area contributed by atoms with Crippen LogP contribution < -0.4 is 10.6 Å². The van der Waals surface area contributed by atoms with Crippen LogP contribution in [0.2, 0.25) is 0 Å². The van der Waals surface area contributed by atoms with Crippen molar-refractivity contribution in [3.05, 3.63) is 70.3 Å². The first kappa shape index (κ1) is 21.1. The lowest BCUT2D eigenvalue weighted by atomic mass is 10.0. The van der Waals surface area contributed by atoms with Crippen molar-refractivity contribution in [2.45, 2.75) is 26.4 Å². The summed E-state index contributed by atoms with van der Waals surface area (Å²) in [6.07, 6.45) is -2.89. The summed E-state index contributed by atoms with van der Waals surface area (Å²) < 4.78 is 41.1. The molecule has 0 fully saturated rings. The Morgan fingerprint density at radius 3 is 2.10 bits per heavy atom. The van der Waals surface area contributed by atoms with Gasteiger partial charge in [-0.3, -0.25) is 0 Å². The van der Waals surface area contributed by atoms with E-state index in [4.69, 9.17) is 0 Å². The van der Waals surface area contributed by atoms with Crippen LogP contribution in [0.15, 0.2) is 59.2 Å². The summed E-state index contributed by atoms with van der Waals surface area (Å²) in [4.78, 5) is 7.88. The quantitative estimate of drug-likeness (QED) is 0.414. The van der Waals surface area contributed by atoms with Crippen LogP contribution >= 0.6 is 15.9 Å². The first-order valence-electron chi connectivity index (χ1n) is 9.03. The average Bonchev–Trinajstić information content (AvgIpc) is 2.64. The Hall–Kier alpha value is -2.61. The van der Waals surface area contributed by atoms with Gasteiger partial charge in [0.2, 0.25) is 5.95 Å². The van der Waals surface area contributed by atoms with Crippen molar-refractivity contribution in [3.8, 4) is 0 Å². The fraction of sp³-hybridized carbons (Fsp3) is 0.238. The number of benzene rings is 2. The topological polar surface area (TPSA) is 49.8 Å². The number of hydrogen-bond donors (Lipinski definition) is 2. The van der Waals surface area contributed by atoms with Crippen LogP contribution in [0.5, 0.6) is 0 Å². The molecule has 4 nitrogen and oxygen atoms in total. The van der Waals surface area contributed by atoms with E-state index < -0.39 is 11.7 Å². The van der Waals surface area contributed by atoms with Crippen molar-refractivity contribution in [2.75, 3.05) is 10.6 Å². The van der Waals surface area contributed by atoms with E-state index in [1.165, 1.54) is 0 Å². The highest BCUT2D eigenvalue weighted by molar-refractivity contribution is 9.10. The van der Waals surface area contributed by atoms with Gasteiger partial charge in [-0.25, -0.2) is 4.98 Å². The molecule has 0 saturated heterocycles. The van der Waals surface area contributed by atoms with E-state index in [-0.39, 0.29) is 11.8 Å². The van der Waals surface area contributed by atoms with E-state index >= 15 is 0 Å². The maximum atomic E-state index is 13.4. The molecule has 3 aromatic rings. The molecule has 3 rings (SSSR count). The fourth-order valence-corrected chi connectivity index (χ4v) is 3.00. The molecule has 0 unspecified atom stereocenters. The zero-order valence-electron chi connectivity index (χ0n) is 15.9. The first-order valence-corrected chi connectivity index (χ1v) is 9.83. The molecule has 0 saturated carbocycles. The molecule has 2 N–H and O–H groups in total. The van der Waals surface area contributed by atoms with Crippen LogP contribution in [0, 0.1) is 5.92 Å². The summed E-state index contributed by atoms with van der Waals surface area (Å²) in [7, 11) is 0. The van der Waals surface area contributed by atoms with Crippen LogP contribution in [-0.2, 0) is 12.6 Å². The fourth-order valence-electron chi connectivity index (χ4n) is 2.74. The molecular formula is C21H20BrF3N4. The minimum Gasteiger partial charge on any atom is -0.340 e. The van der Waals surface area contributed by atoms with Crippen LogP contribution in [-0.4, -0.2) is 9.97 Å². The number of anilines is 4. The van der Waals surface area contributed by atoms with Gasteiger partial charge in [0, 0.05) is 22.0 Å². The molecule has 0 aliphatic heterocycles. The number of nitrogens with one attached hydrogen (secondary N) is 2. The Balaban J connectivity index is 1.87. The van der Waals surface area contributed by atoms with Gasteiger partial charge in [0.15, 0.2) is 0 Å². The summed E-state index contributed by atoms with van der Waals surface area (Å²) in [6, 6.07) is 14.5. The summed E-state index contributed by atoms with van der Waals surface area (Å²) in [5.74, 6) is 0.266. The lowest BCUT2D eigenvalue weighted by Crippen LogP contribution is -2.12. The maximum absolute atomic E-state index is 13.4. The van der Waals surface area contributed by atoms with Gasteiger partial charge in [-0.15, -0.1) is 0 Å². The van der Waals surface area contributed by atoms with Gasteiger partial charge in [0.25, 0.3) is 0 Å². The molecule has 0 bridgehead atoms. The van der Waals surface area contributed by atoms with E-state index in [2.05, 4.69) is 50.4 Å². The van der Waals surface area contributed by atoms with E-state index in [0.717, 1.165) is 22.7 Å². The highest BCUT2D eigenvalue weighted by Crippen LogP contribution is 2.35. The molecule has 0 atom stereocenters. The van der Waals surface area contributed by atoms with Crippen LogP contribution in [0.25, 0.3) is 0 Å². The summed E-state index contributed by atoms with van der Waals surface area (Å²) >= 11 is 3.33. The smallest absolute Gasteiger partial charge is 0.340 e. The average molecular weight is 465 g/mol. The highest BCUT2D eigenvalue weighted by Gasteiger charge is 2.35. The first-order chi connectivity index (χ1) is 13.7. The Morgan fingerprint density at radius 2 is 1.52 bits per heavy atom. The van der Waals surface area contributed by atoms with Gasteiger partial charge >= 0.3 is 6.18 Å². The molecule has 29 heavy (non-hydrogen) atoms. The Bertz CT molecular complexity index is 955. The van der Waals surface area contributed by atoms with Crippen molar-refractivity contribution in [1.29, 1.82) is 0 Å². The van der Waals surface area contributed by atoms with E-state index in [0.29, 0.717) is 17.3 Å². The molecule has 0 amide bonds. The molecule has 2 aromatic carbocycles. The third kappa shape index (κ3) is 5.93. The van der Waals surface area contributed by atoms with Crippen molar-refractivity contribution in [2.24, 2.45) is 5.92 Å². The molecule has 0 radical (unpaired) electrons. The number of aromatic nitrogens is 2. The summed E-state index contributed by atoms with van der Waals surface area (Å²) in [5, 5.41) is 5.69. The standard InChI is InChI=1S/C21H20BrF3N4/c1-13(2)11-14-3-7-16(8-4-14)27-19-18(21(23,24)25)12-26-20(29-19)28-17-9-5-15(22)6-10-17/h3-10,12-13H,11H2,1-2H3,(H2,26,27,28,29). The van der Waals surface area contributed by atoms with Crippen molar-refractivity contribution in [3.63, 3.8) is 0 Å². The van der Waals surface area contributed by atoms with Gasteiger partial charge in [0.1, 0.15) is 11.4 Å². The Labute approximate surface area is 175 Å². The van der Waals surface area contributed by atoms with Gasteiger partial charge in [-0.05, 0) is 54.3 Å². The van der Waals surface area contributed by atoms with E-state index in [1.807, 2.05) is 24.3 Å². The van der Waals surface area contributed by atoms with Crippen molar-refractivity contribution < 1.29 is 13.2 Å². The second-order valence-corrected chi connectivity index (χ2v) is 7.92. The number of halogens is 4. The Morgan fingerprint density at radius 1 is 0.931 bits per heavy atom. The molecule has 8 heteroatoms. The largest absolute Gasteiger partial charge is 0.421 e. The van der Waals surface area contributed by atoms with Crippen LogP contribution in [0.4, 0.5) is 36.3 Å². The summed E-state index contributed by atoms with van der Waals surface area (Å²) in [6.45, 7) is 4.23. The second-order valence-electron chi connectivity index (χ2n) is 7.01. The number of rotatable bonds is 6. The molecular weight excluding hydrogens is 445 g/mol. The molecule has 152 valence electrons. The van der Waals surface area contributed by atoms with Gasteiger partial charge < -0.3 is 10.6 Å².